The number of nitrogens with one attached hydrogen (secondary N) is 1. The minimum atomic E-state index is -0.341. The first-order valence-corrected chi connectivity index (χ1v) is 11.3. The van der Waals surface area contributed by atoms with Gasteiger partial charge in [0, 0.05) is 18.7 Å². The lowest BCUT2D eigenvalue weighted by molar-refractivity contribution is -0.137. The third-order valence-electron chi connectivity index (χ3n) is 4.46. The highest BCUT2D eigenvalue weighted by atomic mass is 127. The molecule has 1 fully saturated rings. The smallest absolute Gasteiger partial charge is 0.271 e. The fourth-order valence-electron chi connectivity index (χ4n) is 2.79. The zero-order valence-corrected chi connectivity index (χ0v) is 20.5. The molecule has 1 heterocycles. The summed E-state index contributed by atoms with van der Waals surface area (Å²) in [6, 6.07) is 10.5. The molecule has 164 valence electrons. The number of halogens is 2. The molecule has 0 aromatic heterocycles. The quantitative estimate of drug-likeness (QED) is 0.299. The van der Waals surface area contributed by atoms with Crippen molar-refractivity contribution in [2.24, 2.45) is 5.10 Å². The van der Waals surface area contributed by atoms with Crippen LogP contribution in [0.25, 0.3) is 0 Å². The summed E-state index contributed by atoms with van der Waals surface area (Å²) in [5.41, 5.74) is 3.69. The van der Waals surface area contributed by atoms with Crippen molar-refractivity contribution >= 4 is 56.5 Å². The number of benzene rings is 2. The summed E-state index contributed by atoms with van der Waals surface area (Å²) in [4.78, 5) is 26.2. The first-order valence-electron chi connectivity index (χ1n) is 9.42. The van der Waals surface area contributed by atoms with E-state index in [1.165, 1.54) is 6.21 Å². The lowest BCUT2D eigenvalue weighted by atomic mass is 10.2. The predicted molar refractivity (Wildman–Crippen MR) is 128 cm³/mol. The number of hydrazone groups is 1. The van der Waals surface area contributed by atoms with E-state index in [1.807, 2.05) is 0 Å². The van der Waals surface area contributed by atoms with Gasteiger partial charge in [-0.1, -0.05) is 0 Å². The van der Waals surface area contributed by atoms with Crippen LogP contribution in [-0.4, -0.2) is 62.9 Å². The summed E-state index contributed by atoms with van der Waals surface area (Å²) in [6.45, 7) is 2.23. The van der Waals surface area contributed by atoms with Crippen molar-refractivity contribution in [3.8, 4) is 11.5 Å². The number of hydrogen-bond donors (Lipinski definition) is 1. The number of carbonyl (C=O) groups excluding carboxylic acids is 2. The van der Waals surface area contributed by atoms with Crippen LogP contribution in [0, 0.1) is 3.57 Å². The van der Waals surface area contributed by atoms with Crippen molar-refractivity contribution in [3.05, 3.63) is 55.6 Å². The molecule has 8 nitrogen and oxygen atoms in total. The molecule has 0 atom stereocenters. The Balaban J connectivity index is 1.54. The standard InChI is InChI=1S/C21H21BrIN3O5/c1-29-19-11-15(3-4-17(19)23)21(28)25-24-12-14-2-5-18(16(22)10-14)31-13-20(27)26-6-8-30-9-7-26/h2-5,10-12H,6-9,13H2,1H3,(H,25,28)/b24-12+. The average Bonchev–Trinajstić information content (AvgIpc) is 2.79. The van der Waals surface area contributed by atoms with Crippen LogP contribution in [0.5, 0.6) is 11.5 Å². The van der Waals surface area contributed by atoms with Crippen LogP contribution < -0.4 is 14.9 Å². The van der Waals surface area contributed by atoms with Gasteiger partial charge < -0.3 is 19.1 Å². The largest absolute Gasteiger partial charge is 0.496 e. The van der Waals surface area contributed by atoms with Gasteiger partial charge in [-0.3, -0.25) is 9.59 Å². The van der Waals surface area contributed by atoms with E-state index in [2.05, 4.69) is 49.0 Å². The number of ether oxygens (including phenoxy) is 3. The van der Waals surface area contributed by atoms with Gasteiger partial charge in [0.1, 0.15) is 11.5 Å². The number of nitrogens with zero attached hydrogens (tertiary/aromatic N) is 2. The Labute approximate surface area is 202 Å². The molecule has 1 aliphatic heterocycles. The minimum Gasteiger partial charge on any atom is -0.496 e. The van der Waals surface area contributed by atoms with Gasteiger partial charge in [-0.25, -0.2) is 5.43 Å². The first kappa shape index (κ1) is 23.5. The molecular weight excluding hydrogens is 581 g/mol. The Morgan fingerprint density at radius 1 is 1.23 bits per heavy atom. The topological polar surface area (TPSA) is 89.5 Å². The van der Waals surface area contributed by atoms with Gasteiger partial charge in [-0.15, -0.1) is 0 Å². The maximum Gasteiger partial charge on any atom is 0.271 e. The molecule has 0 unspecified atom stereocenters. The number of methoxy groups -OCH3 is 1. The fraction of sp³-hybridized carbons (Fsp3) is 0.286. The zero-order valence-electron chi connectivity index (χ0n) is 16.8. The lowest BCUT2D eigenvalue weighted by Gasteiger charge is -2.26. The first-order chi connectivity index (χ1) is 15.0. The molecule has 0 bridgehead atoms. The van der Waals surface area contributed by atoms with Gasteiger partial charge in [0.25, 0.3) is 11.8 Å². The average molecular weight is 602 g/mol. The predicted octanol–water partition coefficient (Wildman–Crippen LogP) is 3.06. The third kappa shape index (κ3) is 6.65. The number of carbonyl (C=O) groups is 2. The summed E-state index contributed by atoms with van der Waals surface area (Å²) >= 11 is 5.58. The van der Waals surface area contributed by atoms with Gasteiger partial charge in [0.05, 0.1) is 34.6 Å². The molecular formula is C21H21BrIN3O5. The molecule has 0 aliphatic carbocycles. The molecule has 3 rings (SSSR count). The third-order valence-corrected chi connectivity index (χ3v) is 5.97. The monoisotopic (exact) mass is 601 g/mol. The van der Waals surface area contributed by atoms with Gasteiger partial charge in [-0.2, -0.15) is 5.10 Å². The summed E-state index contributed by atoms with van der Waals surface area (Å²) in [5, 5.41) is 4.00. The van der Waals surface area contributed by atoms with E-state index < -0.39 is 0 Å². The Hall–Kier alpha value is -2.18. The molecule has 1 aliphatic rings. The highest BCUT2D eigenvalue weighted by Crippen LogP contribution is 2.26. The van der Waals surface area contributed by atoms with Gasteiger partial charge >= 0.3 is 0 Å². The summed E-state index contributed by atoms with van der Waals surface area (Å²) < 4.78 is 17.7. The highest BCUT2D eigenvalue weighted by molar-refractivity contribution is 14.1. The van der Waals surface area contributed by atoms with Crippen LogP contribution in [0.15, 0.2) is 46.0 Å². The molecule has 0 spiro atoms. The normalized spacial score (nSPS) is 13.8. The van der Waals surface area contributed by atoms with Crippen LogP contribution in [0.1, 0.15) is 15.9 Å². The molecule has 0 saturated carbocycles. The van der Waals surface area contributed by atoms with Crippen LogP contribution in [-0.2, 0) is 9.53 Å². The van der Waals surface area contributed by atoms with Crippen molar-refractivity contribution in [2.45, 2.75) is 0 Å². The van der Waals surface area contributed by atoms with Crippen molar-refractivity contribution in [3.63, 3.8) is 0 Å². The Morgan fingerprint density at radius 2 is 2.00 bits per heavy atom. The van der Waals surface area contributed by atoms with Gasteiger partial charge in [0.15, 0.2) is 6.61 Å². The molecule has 31 heavy (non-hydrogen) atoms. The minimum absolute atomic E-state index is 0.0401. The molecule has 1 saturated heterocycles. The second-order valence-electron chi connectivity index (χ2n) is 6.52. The summed E-state index contributed by atoms with van der Waals surface area (Å²) in [5.74, 6) is 0.764. The van der Waals surface area contributed by atoms with Crippen LogP contribution in [0.4, 0.5) is 0 Å². The number of hydrogen-bond acceptors (Lipinski definition) is 6. The Kier molecular flexibility index (Phi) is 8.67. The van der Waals surface area contributed by atoms with Crippen LogP contribution in [0.3, 0.4) is 0 Å². The molecule has 1 N–H and O–H groups in total. The zero-order chi connectivity index (χ0) is 22.2. The Bertz CT molecular complexity index is 979. The van der Waals surface area contributed by atoms with E-state index in [-0.39, 0.29) is 18.4 Å². The summed E-state index contributed by atoms with van der Waals surface area (Å²) in [7, 11) is 1.56. The van der Waals surface area contributed by atoms with Crippen molar-refractivity contribution in [1.82, 2.24) is 10.3 Å². The Morgan fingerprint density at radius 3 is 2.71 bits per heavy atom. The molecule has 2 amide bonds. The van der Waals surface area contributed by atoms with E-state index in [1.54, 1.807) is 48.4 Å². The molecule has 0 radical (unpaired) electrons. The number of rotatable bonds is 7. The molecule has 2 aromatic carbocycles. The van der Waals surface area contributed by atoms with Gasteiger partial charge in [0.2, 0.25) is 0 Å². The molecule has 10 heteroatoms. The van der Waals surface area contributed by atoms with Crippen molar-refractivity contribution in [2.75, 3.05) is 40.0 Å². The second-order valence-corrected chi connectivity index (χ2v) is 8.54. The van der Waals surface area contributed by atoms with E-state index >= 15 is 0 Å². The highest BCUT2D eigenvalue weighted by Gasteiger charge is 2.17. The fourth-order valence-corrected chi connectivity index (χ4v) is 3.86. The van der Waals surface area contributed by atoms with E-state index in [0.29, 0.717) is 47.8 Å². The second kappa shape index (κ2) is 11.4. The van der Waals surface area contributed by atoms with Crippen molar-refractivity contribution < 1.29 is 23.8 Å². The lowest BCUT2D eigenvalue weighted by Crippen LogP contribution is -2.43. The van der Waals surface area contributed by atoms with Crippen LogP contribution >= 0.6 is 38.5 Å². The van der Waals surface area contributed by atoms with Gasteiger partial charge in [-0.05, 0) is 80.5 Å². The maximum atomic E-state index is 12.3. The summed E-state index contributed by atoms with van der Waals surface area (Å²) in [6.07, 6.45) is 1.52. The maximum absolute atomic E-state index is 12.3. The van der Waals surface area contributed by atoms with E-state index in [9.17, 15) is 9.59 Å². The van der Waals surface area contributed by atoms with Crippen LogP contribution in [0.2, 0.25) is 0 Å². The number of morpholine rings is 1. The van der Waals surface area contributed by atoms with Crippen molar-refractivity contribution in [1.29, 1.82) is 0 Å². The van der Waals surface area contributed by atoms with E-state index in [0.717, 1.165) is 9.13 Å². The van der Waals surface area contributed by atoms with E-state index in [4.69, 9.17) is 14.2 Å². The SMILES string of the molecule is COc1cc(C(=O)N/N=C/c2ccc(OCC(=O)N3CCOCC3)c(Br)c2)ccc1I. The number of amides is 2. The molecule has 2 aromatic rings.